The van der Waals surface area contributed by atoms with Crippen LogP contribution in [0.15, 0.2) is 0 Å². The Labute approximate surface area is 110 Å². The van der Waals surface area contributed by atoms with Crippen molar-refractivity contribution < 1.29 is 9.66 Å². The Balaban J connectivity index is 2.16. The Morgan fingerprint density at radius 1 is 1.50 bits per heavy atom. The summed E-state index contributed by atoms with van der Waals surface area (Å²) in [6.45, 7) is 2.30. The highest BCUT2D eigenvalue weighted by Gasteiger charge is 2.27. The average molecular weight is 271 g/mol. The molecule has 0 amide bonds. The van der Waals surface area contributed by atoms with Crippen molar-refractivity contribution in [2.24, 2.45) is 0 Å². The van der Waals surface area contributed by atoms with E-state index in [2.05, 4.69) is 9.69 Å². The lowest BCUT2D eigenvalue weighted by Crippen LogP contribution is -2.22. The number of nitrogens with zero attached hydrogens (tertiary/aromatic N) is 2. The van der Waals surface area contributed by atoms with Crippen molar-refractivity contribution in [1.29, 1.82) is 0 Å². The molecule has 0 radical (unpaired) electrons. The van der Waals surface area contributed by atoms with Gasteiger partial charge in [-0.25, -0.2) is 0 Å². The van der Waals surface area contributed by atoms with Crippen molar-refractivity contribution in [3.05, 3.63) is 10.1 Å². The first-order chi connectivity index (χ1) is 8.72. The van der Waals surface area contributed by atoms with Gasteiger partial charge >= 0.3 is 5.00 Å². The quantitative estimate of drug-likeness (QED) is 0.657. The molecule has 0 bridgehead atoms. The molecule has 1 N–H and O–H groups in total. The molecule has 0 aromatic carbocycles. The number of hydrogen-bond donors (Lipinski definition) is 1. The summed E-state index contributed by atoms with van der Waals surface area (Å²) in [5.41, 5.74) is 0.457. The second-order valence-corrected chi connectivity index (χ2v) is 5.09. The molecule has 100 valence electrons. The van der Waals surface area contributed by atoms with Crippen LogP contribution in [0.3, 0.4) is 0 Å². The van der Waals surface area contributed by atoms with E-state index in [1.165, 1.54) is 19.3 Å². The van der Waals surface area contributed by atoms with Crippen molar-refractivity contribution in [3.63, 3.8) is 0 Å². The van der Waals surface area contributed by atoms with Crippen molar-refractivity contribution in [2.75, 3.05) is 11.9 Å². The fourth-order valence-corrected chi connectivity index (χ4v) is 2.82. The summed E-state index contributed by atoms with van der Waals surface area (Å²) in [6, 6.07) is 0.299. The van der Waals surface area contributed by atoms with E-state index in [1.54, 1.807) is 0 Å². The SMILES string of the molecule is CCOc1nsc([N+](=O)[O-])c1NC1CCCCC1. The summed E-state index contributed by atoms with van der Waals surface area (Å²) in [5.74, 6) is 0.361. The van der Waals surface area contributed by atoms with Crippen molar-refractivity contribution in [2.45, 2.75) is 45.1 Å². The van der Waals surface area contributed by atoms with Crippen LogP contribution in [0.1, 0.15) is 39.0 Å². The smallest absolute Gasteiger partial charge is 0.370 e. The molecule has 1 heterocycles. The van der Waals surface area contributed by atoms with Crippen LogP contribution in [0.5, 0.6) is 5.88 Å². The molecule has 0 aliphatic heterocycles. The van der Waals surface area contributed by atoms with E-state index >= 15 is 0 Å². The second-order valence-electron chi connectivity index (χ2n) is 4.34. The number of anilines is 1. The molecule has 18 heavy (non-hydrogen) atoms. The number of aromatic nitrogens is 1. The van der Waals surface area contributed by atoms with Crippen LogP contribution >= 0.6 is 11.5 Å². The lowest BCUT2D eigenvalue weighted by Gasteiger charge is -2.23. The van der Waals surface area contributed by atoms with Gasteiger partial charge in [0.1, 0.15) is 0 Å². The molecule has 1 aliphatic carbocycles. The predicted molar refractivity (Wildman–Crippen MR) is 70.4 cm³/mol. The zero-order chi connectivity index (χ0) is 13.0. The molecule has 1 saturated carbocycles. The third kappa shape index (κ3) is 2.90. The van der Waals surface area contributed by atoms with Gasteiger partial charge in [-0.2, -0.15) is 0 Å². The van der Waals surface area contributed by atoms with E-state index in [9.17, 15) is 10.1 Å². The average Bonchev–Trinajstić information content (AvgIpc) is 2.74. The molecule has 1 aliphatic rings. The number of nitrogens with one attached hydrogen (secondary N) is 1. The van der Waals surface area contributed by atoms with Crippen LogP contribution in [-0.4, -0.2) is 21.9 Å². The molecule has 0 saturated heterocycles. The van der Waals surface area contributed by atoms with Crippen LogP contribution in [0.25, 0.3) is 0 Å². The van der Waals surface area contributed by atoms with Crippen LogP contribution in [0.2, 0.25) is 0 Å². The Bertz CT molecular complexity index is 416. The highest BCUT2D eigenvalue weighted by molar-refractivity contribution is 7.10. The van der Waals surface area contributed by atoms with Gasteiger partial charge in [-0.05, 0) is 19.8 Å². The van der Waals surface area contributed by atoms with Gasteiger partial charge in [0.25, 0.3) is 5.88 Å². The standard InChI is InChI=1S/C11H17N3O3S/c1-2-17-10-9(11(14(15)16)18-13-10)12-8-6-4-3-5-7-8/h8,12H,2-7H2,1H3. The van der Waals surface area contributed by atoms with Crippen molar-refractivity contribution in [1.82, 2.24) is 4.37 Å². The minimum atomic E-state index is -0.397. The zero-order valence-electron chi connectivity index (χ0n) is 10.3. The Hall–Kier alpha value is -1.37. The molecule has 0 spiro atoms. The molecule has 1 aromatic heterocycles. The normalized spacial score (nSPS) is 16.5. The third-order valence-corrected chi connectivity index (χ3v) is 3.83. The van der Waals surface area contributed by atoms with Crippen molar-refractivity contribution >= 4 is 22.2 Å². The molecule has 6 nitrogen and oxygen atoms in total. The first-order valence-electron chi connectivity index (χ1n) is 6.25. The fraction of sp³-hybridized carbons (Fsp3) is 0.727. The van der Waals surface area contributed by atoms with E-state index in [0.29, 0.717) is 24.2 Å². The molecule has 7 heteroatoms. The molecular weight excluding hydrogens is 254 g/mol. The van der Waals surface area contributed by atoms with E-state index < -0.39 is 4.92 Å². The fourth-order valence-electron chi connectivity index (χ4n) is 2.20. The second kappa shape index (κ2) is 5.99. The minimum Gasteiger partial charge on any atom is -0.476 e. The summed E-state index contributed by atoms with van der Waals surface area (Å²) in [4.78, 5) is 10.6. The maximum Gasteiger partial charge on any atom is 0.370 e. The third-order valence-electron chi connectivity index (χ3n) is 3.04. The number of nitro groups is 1. The maximum atomic E-state index is 11.0. The highest BCUT2D eigenvalue weighted by Crippen LogP contribution is 2.39. The molecular formula is C11H17N3O3S. The first kappa shape index (κ1) is 13.1. The summed E-state index contributed by atoms with van der Waals surface area (Å²) < 4.78 is 9.35. The van der Waals surface area contributed by atoms with Crippen molar-refractivity contribution in [3.8, 4) is 5.88 Å². The van der Waals surface area contributed by atoms with Crippen LogP contribution in [0, 0.1) is 10.1 Å². The van der Waals surface area contributed by atoms with Gasteiger partial charge in [0, 0.05) is 17.6 Å². The first-order valence-corrected chi connectivity index (χ1v) is 7.03. The van der Waals surface area contributed by atoms with E-state index in [0.717, 1.165) is 24.4 Å². The molecule has 2 rings (SSSR count). The summed E-state index contributed by atoms with van der Waals surface area (Å²) in [5, 5.41) is 14.3. The van der Waals surface area contributed by atoms with Crippen LogP contribution in [-0.2, 0) is 0 Å². The monoisotopic (exact) mass is 271 g/mol. The highest BCUT2D eigenvalue weighted by atomic mass is 32.1. The van der Waals surface area contributed by atoms with Gasteiger partial charge in [0.15, 0.2) is 5.69 Å². The molecule has 1 aromatic rings. The van der Waals surface area contributed by atoms with E-state index in [-0.39, 0.29) is 5.00 Å². The van der Waals surface area contributed by atoms with Crippen LogP contribution in [0.4, 0.5) is 10.7 Å². The van der Waals surface area contributed by atoms with Gasteiger partial charge in [0.05, 0.1) is 11.5 Å². The van der Waals surface area contributed by atoms with Crippen LogP contribution < -0.4 is 10.1 Å². The topological polar surface area (TPSA) is 77.3 Å². The minimum absolute atomic E-state index is 0.0454. The summed E-state index contributed by atoms with van der Waals surface area (Å²) >= 11 is 0.876. The maximum absolute atomic E-state index is 11.0. The summed E-state index contributed by atoms with van der Waals surface area (Å²) in [7, 11) is 0. The molecule has 1 fully saturated rings. The molecule has 0 unspecified atom stereocenters. The Kier molecular flexibility index (Phi) is 4.35. The van der Waals surface area contributed by atoms with E-state index in [4.69, 9.17) is 4.74 Å². The Morgan fingerprint density at radius 2 is 2.22 bits per heavy atom. The van der Waals surface area contributed by atoms with Gasteiger partial charge in [0.2, 0.25) is 0 Å². The predicted octanol–water partition coefficient (Wildman–Crippen LogP) is 3.19. The van der Waals surface area contributed by atoms with Gasteiger partial charge in [-0.1, -0.05) is 19.3 Å². The lowest BCUT2D eigenvalue weighted by atomic mass is 9.95. The Morgan fingerprint density at radius 3 is 2.83 bits per heavy atom. The number of hydrogen-bond acceptors (Lipinski definition) is 6. The van der Waals surface area contributed by atoms with Gasteiger partial charge in [-0.3, -0.25) is 10.1 Å². The van der Waals surface area contributed by atoms with Gasteiger partial charge in [-0.15, -0.1) is 4.37 Å². The number of rotatable bonds is 5. The number of ether oxygens (including phenoxy) is 1. The largest absolute Gasteiger partial charge is 0.476 e. The zero-order valence-corrected chi connectivity index (χ0v) is 11.2. The summed E-state index contributed by atoms with van der Waals surface area (Å²) in [6.07, 6.45) is 5.71. The molecule has 0 atom stereocenters. The van der Waals surface area contributed by atoms with E-state index in [1.807, 2.05) is 6.92 Å². The van der Waals surface area contributed by atoms with Gasteiger partial charge < -0.3 is 10.1 Å². The lowest BCUT2D eigenvalue weighted by molar-refractivity contribution is -0.379.